The molecule has 3 N–H and O–H groups in total. The molecule has 5 heteroatoms. The summed E-state index contributed by atoms with van der Waals surface area (Å²) < 4.78 is 0. The number of aliphatic hydroxyl groups excluding tert-OH is 1. The standard InChI is InChI=1S/C10H15N3O2/c14-6-7-2-1-3-8(7)12-10(15)9-4-5-11-13-9/h4-5,7-8,14H,1-3,6H2,(H,11,13)(H,12,15). The Bertz CT molecular complexity index is 323. The molecule has 0 aliphatic heterocycles. The maximum atomic E-state index is 11.7. The topological polar surface area (TPSA) is 78.0 Å². The summed E-state index contributed by atoms with van der Waals surface area (Å²) in [5, 5.41) is 18.4. The van der Waals surface area contributed by atoms with E-state index in [2.05, 4.69) is 15.5 Å². The summed E-state index contributed by atoms with van der Waals surface area (Å²) >= 11 is 0. The SMILES string of the molecule is O=C(NC1CCCC1CO)c1ccn[nH]1. The van der Waals surface area contributed by atoms with E-state index in [0.717, 1.165) is 19.3 Å². The smallest absolute Gasteiger partial charge is 0.269 e. The first-order valence-corrected chi connectivity index (χ1v) is 5.22. The highest BCUT2D eigenvalue weighted by molar-refractivity contribution is 5.92. The van der Waals surface area contributed by atoms with E-state index < -0.39 is 0 Å². The van der Waals surface area contributed by atoms with Crippen molar-refractivity contribution in [1.82, 2.24) is 15.5 Å². The van der Waals surface area contributed by atoms with Gasteiger partial charge in [0.15, 0.2) is 0 Å². The Morgan fingerprint density at radius 2 is 2.53 bits per heavy atom. The Morgan fingerprint density at radius 3 is 3.20 bits per heavy atom. The first-order valence-electron chi connectivity index (χ1n) is 5.22. The van der Waals surface area contributed by atoms with Gasteiger partial charge >= 0.3 is 0 Å². The number of aliphatic hydroxyl groups is 1. The van der Waals surface area contributed by atoms with E-state index in [-0.39, 0.29) is 24.5 Å². The molecule has 1 aromatic rings. The van der Waals surface area contributed by atoms with Gasteiger partial charge in [0.05, 0.1) is 0 Å². The lowest BCUT2D eigenvalue weighted by atomic mass is 10.1. The van der Waals surface area contributed by atoms with Crippen molar-refractivity contribution in [2.45, 2.75) is 25.3 Å². The third-order valence-corrected chi connectivity index (χ3v) is 2.96. The molecule has 1 saturated carbocycles. The number of amides is 1. The number of H-pyrrole nitrogens is 1. The molecular formula is C10H15N3O2. The summed E-state index contributed by atoms with van der Waals surface area (Å²) in [6.07, 6.45) is 4.56. The van der Waals surface area contributed by atoms with Crippen molar-refractivity contribution in [3.05, 3.63) is 18.0 Å². The van der Waals surface area contributed by atoms with Crippen LogP contribution in [-0.2, 0) is 0 Å². The highest BCUT2D eigenvalue weighted by Crippen LogP contribution is 2.25. The first kappa shape index (κ1) is 10.2. The van der Waals surface area contributed by atoms with Crippen molar-refractivity contribution in [2.24, 2.45) is 5.92 Å². The van der Waals surface area contributed by atoms with Crippen molar-refractivity contribution in [1.29, 1.82) is 0 Å². The average Bonchev–Trinajstić information content (AvgIpc) is 2.87. The van der Waals surface area contributed by atoms with Crippen LogP contribution in [0.4, 0.5) is 0 Å². The first-order chi connectivity index (χ1) is 7.31. The number of rotatable bonds is 3. The fourth-order valence-corrected chi connectivity index (χ4v) is 2.07. The van der Waals surface area contributed by atoms with Gasteiger partial charge in [-0.15, -0.1) is 0 Å². The molecule has 15 heavy (non-hydrogen) atoms. The van der Waals surface area contributed by atoms with E-state index in [4.69, 9.17) is 5.11 Å². The Hall–Kier alpha value is -1.36. The number of hydrogen-bond donors (Lipinski definition) is 3. The average molecular weight is 209 g/mol. The molecule has 1 fully saturated rings. The van der Waals surface area contributed by atoms with Crippen LogP contribution < -0.4 is 5.32 Å². The van der Waals surface area contributed by atoms with Crippen LogP contribution in [0.5, 0.6) is 0 Å². The van der Waals surface area contributed by atoms with Crippen LogP contribution in [0, 0.1) is 5.92 Å². The van der Waals surface area contributed by atoms with Crippen molar-refractivity contribution >= 4 is 5.91 Å². The Balaban J connectivity index is 1.94. The van der Waals surface area contributed by atoms with Gasteiger partial charge in [0, 0.05) is 24.8 Å². The molecule has 1 aromatic heterocycles. The van der Waals surface area contributed by atoms with Crippen LogP contribution in [0.2, 0.25) is 0 Å². The molecule has 0 aromatic carbocycles. The van der Waals surface area contributed by atoms with E-state index in [1.807, 2.05) is 0 Å². The molecule has 82 valence electrons. The Morgan fingerprint density at radius 1 is 1.67 bits per heavy atom. The maximum Gasteiger partial charge on any atom is 0.269 e. The molecule has 1 heterocycles. The molecule has 2 atom stereocenters. The fourth-order valence-electron chi connectivity index (χ4n) is 2.07. The molecule has 5 nitrogen and oxygen atoms in total. The predicted octanol–water partition coefficient (Wildman–Crippen LogP) is 0.300. The largest absolute Gasteiger partial charge is 0.396 e. The van der Waals surface area contributed by atoms with E-state index >= 15 is 0 Å². The van der Waals surface area contributed by atoms with Crippen LogP contribution in [0.25, 0.3) is 0 Å². The number of carbonyl (C=O) groups excluding carboxylic acids is 1. The number of nitrogens with one attached hydrogen (secondary N) is 2. The van der Waals surface area contributed by atoms with Crippen molar-refractivity contribution in [2.75, 3.05) is 6.61 Å². The van der Waals surface area contributed by atoms with Crippen LogP contribution in [0.1, 0.15) is 29.8 Å². The van der Waals surface area contributed by atoms with Gasteiger partial charge in [0.1, 0.15) is 5.69 Å². The van der Waals surface area contributed by atoms with Gasteiger partial charge in [-0.25, -0.2) is 0 Å². The van der Waals surface area contributed by atoms with E-state index in [1.54, 1.807) is 12.3 Å². The van der Waals surface area contributed by atoms with E-state index in [9.17, 15) is 4.79 Å². The lowest BCUT2D eigenvalue weighted by Crippen LogP contribution is -2.38. The second kappa shape index (κ2) is 4.44. The second-order valence-electron chi connectivity index (χ2n) is 3.92. The van der Waals surface area contributed by atoms with Gasteiger partial charge in [0.2, 0.25) is 0 Å². The highest BCUT2D eigenvalue weighted by Gasteiger charge is 2.28. The lowest BCUT2D eigenvalue weighted by molar-refractivity contribution is 0.0911. The summed E-state index contributed by atoms with van der Waals surface area (Å²) in [7, 11) is 0. The number of aromatic amines is 1. The van der Waals surface area contributed by atoms with Crippen LogP contribution in [-0.4, -0.2) is 33.9 Å². The van der Waals surface area contributed by atoms with Crippen molar-refractivity contribution < 1.29 is 9.90 Å². The molecule has 0 spiro atoms. The van der Waals surface area contributed by atoms with Crippen LogP contribution >= 0.6 is 0 Å². The van der Waals surface area contributed by atoms with Gasteiger partial charge < -0.3 is 10.4 Å². The number of nitrogens with zero attached hydrogens (tertiary/aromatic N) is 1. The number of carbonyl (C=O) groups is 1. The fraction of sp³-hybridized carbons (Fsp3) is 0.600. The van der Waals surface area contributed by atoms with Crippen LogP contribution in [0.15, 0.2) is 12.3 Å². The minimum atomic E-state index is -0.141. The normalized spacial score (nSPS) is 25.4. The molecule has 1 aliphatic carbocycles. The summed E-state index contributed by atoms with van der Waals surface area (Å²) in [6, 6.07) is 1.74. The predicted molar refractivity (Wildman–Crippen MR) is 54.3 cm³/mol. The van der Waals surface area contributed by atoms with Crippen molar-refractivity contribution in [3.8, 4) is 0 Å². The summed E-state index contributed by atoms with van der Waals surface area (Å²) in [4.78, 5) is 11.7. The molecule has 0 radical (unpaired) electrons. The zero-order chi connectivity index (χ0) is 10.7. The summed E-state index contributed by atoms with van der Waals surface area (Å²) in [5.41, 5.74) is 0.471. The third-order valence-electron chi connectivity index (χ3n) is 2.96. The molecule has 0 bridgehead atoms. The zero-order valence-corrected chi connectivity index (χ0v) is 8.44. The zero-order valence-electron chi connectivity index (χ0n) is 8.44. The molecule has 2 rings (SSSR count). The van der Waals surface area contributed by atoms with Gasteiger partial charge in [-0.3, -0.25) is 9.89 Å². The molecule has 1 aliphatic rings. The minimum Gasteiger partial charge on any atom is -0.396 e. The molecular weight excluding hydrogens is 194 g/mol. The summed E-state index contributed by atoms with van der Waals surface area (Å²) in [5.74, 6) is 0.0646. The van der Waals surface area contributed by atoms with Gasteiger partial charge in [-0.1, -0.05) is 6.42 Å². The van der Waals surface area contributed by atoms with Gasteiger partial charge in [-0.2, -0.15) is 5.10 Å². The molecule has 0 saturated heterocycles. The van der Waals surface area contributed by atoms with Gasteiger partial charge in [-0.05, 0) is 18.9 Å². The summed E-state index contributed by atoms with van der Waals surface area (Å²) in [6.45, 7) is 0.147. The minimum absolute atomic E-state index is 0.103. The molecule has 2 unspecified atom stereocenters. The maximum absolute atomic E-state index is 11.7. The van der Waals surface area contributed by atoms with Crippen LogP contribution in [0.3, 0.4) is 0 Å². The van der Waals surface area contributed by atoms with E-state index in [1.165, 1.54) is 0 Å². The lowest BCUT2D eigenvalue weighted by Gasteiger charge is -2.18. The van der Waals surface area contributed by atoms with Crippen molar-refractivity contribution in [3.63, 3.8) is 0 Å². The number of hydrogen-bond acceptors (Lipinski definition) is 3. The second-order valence-corrected chi connectivity index (χ2v) is 3.92. The molecule has 1 amide bonds. The number of aromatic nitrogens is 2. The van der Waals surface area contributed by atoms with E-state index in [0.29, 0.717) is 5.69 Å². The van der Waals surface area contributed by atoms with Gasteiger partial charge in [0.25, 0.3) is 5.91 Å². The Kier molecular flexibility index (Phi) is 3.01. The Labute approximate surface area is 87.9 Å². The monoisotopic (exact) mass is 209 g/mol. The quantitative estimate of drug-likeness (QED) is 0.670. The third kappa shape index (κ3) is 2.18. The highest BCUT2D eigenvalue weighted by atomic mass is 16.3.